The first-order chi connectivity index (χ1) is 21.6. The Morgan fingerprint density at radius 3 is 2.48 bits per heavy atom. The largest absolute Gasteiger partial charge is 0.493 e. The van der Waals surface area contributed by atoms with Crippen LogP contribution in [-0.4, -0.2) is 63.5 Å². The van der Waals surface area contributed by atoms with Crippen LogP contribution in [0.25, 0.3) is 17.2 Å². The third-order valence-electron chi connectivity index (χ3n) is 8.26. The van der Waals surface area contributed by atoms with Gasteiger partial charge in [0, 0.05) is 49.2 Å². The van der Waals surface area contributed by atoms with Crippen LogP contribution < -0.4 is 14.8 Å². The van der Waals surface area contributed by atoms with Crippen molar-refractivity contribution in [1.29, 1.82) is 0 Å². The summed E-state index contributed by atoms with van der Waals surface area (Å²) in [6.07, 6.45) is 7.76. The van der Waals surface area contributed by atoms with Crippen molar-refractivity contribution in [3.05, 3.63) is 83.4 Å². The Hall–Kier alpha value is -3.65. The van der Waals surface area contributed by atoms with Crippen molar-refractivity contribution < 1.29 is 23.7 Å². The minimum atomic E-state index is -0.0736. The van der Waals surface area contributed by atoms with Crippen LogP contribution in [0.5, 0.6) is 11.5 Å². The first-order valence-corrected chi connectivity index (χ1v) is 16.1. The molecule has 7 heteroatoms. The SMILES string of the molecule is CCCCOCCOc1ccc(-c2ccc3c(c2)C=C(C(=O)Nc2ccc(CN(C)C4CCOCC4)cc2)CCCO3)cc1. The summed E-state index contributed by atoms with van der Waals surface area (Å²) in [6, 6.07) is 23.0. The van der Waals surface area contributed by atoms with Gasteiger partial charge >= 0.3 is 0 Å². The average molecular weight is 599 g/mol. The van der Waals surface area contributed by atoms with Gasteiger partial charge in [-0.1, -0.05) is 43.7 Å². The molecule has 3 aromatic rings. The van der Waals surface area contributed by atoms with Gasteiger partial charge in [0.25, 0.3) is 5.91 Å². The number of benzene rings is 3. The van der Waals surface area contributed by atoms with Gasteiger partial charge in [-0.2, -0.15) is 0 Å². The molecular weight excluding hydrogens is 552 g/mol. The van der Waals surface area contributed by atoms with Crippen LogP contribution in [-0.2, 0) is 20.8 Å². The lowest BCUT2D eigenvalue weighted by Crippen LogP contribution is -2.36. The number of nitrogens with one attached hydrogen (secondary N) is 1. The summed E-state index contributed by atoms with van der Waals surface area (Å²) >= 11 is 0. The Bertz CT molecular complexity index is 1360. The number of carbonyl (C=O) groups is 1. The van der Waals surface area contributed by atoms with E-state index in [2.05, 4.69) is 60.6 Å². The molecule has 3 aromatic carbocycles. The molecule has 44 heavy (non-hydrogen) atoms. The standard InChI is InChI=1S/C37H46N2O5/c1-3-4-19-41-23-24-43-35-14-9-29(10-15-35)30-11-16-36-32(25-30)26-31(6-5-20-44-36)37(40)38-33-12-7-28(8-13-33)27-39(2)34-17-21-42-22-18-34/h7-16,25-26,34H,3-6,17-24,27H2,1-2H3,(H,38,40). The van der Waals surface area contributed by atoms with Crippen LogP contribution in [0.15, 0.2) is 72.3 Å². The third-order valence-corrected chi connectivity index (χ3v) is 8.26. The fourth-order valence-electron chi connectivity index (χ4n) is 5.61. The minimum Gasteiger partial charge on any atom is -0.493 e. The molecule has 0 bridgehead atoms. The molecule has 2 aliphatic rings. The second kappa shape index (κ2) is 16.4. The molecule has 0 unspecified atom stereocenters. The Morgan fingerprint density at radius 2 is 1.70 bits per heavy atom. The fourth-order valence-corrected chi connectivity index (χ4v) is 5.61. The van der Waals surface area contributed by atoms with E-state index in [1.807, 2.05) is 36.4 Å². The summed E-state index contributed by atoms with van der Waals surface area (Å²) in [5.41, 5.74) is 5.82. The quantitative estimate of drug-likeness (QED) is 0.208. The van der Waals surface area contributed by atoms with E-state index >= 15 is 0 Å². The van der Waals surface area contributed by atoms with Crippen LogP contribution in [0.4, 0.5) is 5.69 Å². The van der Waals surface area contributed by atoms with E-state index < -0.39 is 0 Å². The zero-order valence-electron chi connectivity index (χ0n) is 26.2. The van der Waals surface area contributed by atoms with Gasteiger partial charge in [0.2, 0.25) is 0 Å². The highest BCUT2D eigenvalue weighted by molar-refractivity contribution is 6.07. The number of unbranched alkanes of at least 4 members (excludes halogenated alkanes) is 1. The number of anilines is 1. The molecule has 0 aliphatic carbocycles. The van der Waals surface area contributed by atoms with Gasteiger partial charge in [0.15, 0.2) is 0 Å². The third kappa shape index (κ3) is 9.18. The number of fused-ring (bicyclic) bond motifs is 1. The highest BCUT2D eigenvalue weighted by Gasteiger charge is 2.19. The Labute approximate surface area is 262 Å². The van der Waals surface area contributed by atoms with Crippen LogP contribution in [0.1, 0.15) is 56.6 Å². The first-order valence-electron chi connectivity index (χ1n) is 16.1. The topological polar surface area (TPSA) is 69.3 Å². The highest BCUT2D eigenvalue weighted by atomic mass is 16.5. The van der Waals surface area contributed by atoms with Gasteiger partial charge in [-0.15, -0.1) is 0 Å². The second-order valence-electron chi connectivity index (χ2n) is 11.6. The summed E-state index contributed by atoms with van der Waals surface area (Å²) in [5.74, 6) is 1.54. The van der Waals surface area contributed by atoms with Gasteiger partial charge < -0.3 is 24.3 Å². The Balaban J connectivity index is 1.21. The van der Waals surface area contributed by atoms with Crippen molar-refractivity contribution in [1.82, 2.24) is 4.90 Å². The summed E-state index contributed by atoms with van der Waals surface area (Å²) in [5, 5.41) is 3.12. The van der Waals surface area contributed by atoms with Crippen LogP contribution in [0, 0.1) is 0 Å². The Kier molecular flexibility index (Phi) is 11.9. The molecule has 0 aromatic heterocycles. The lowest BCUT2D eigenvalue weighted by molar-refractivity contribution is -0.112. The molecule has 5 rings (SSSR count). The molecule has 0 spiro atoms. The number of hydrogen-bond donors (Lipinski definition) is 1. The van der Waals surface area contributed by atoms with E-state index in [4.69, 9.17) is 18.9 Å². The van der Waals surface area contributed by atoms with Crippen LogP contribution in [0.3, 0.4) is 0 Å². The number of nitrogens with zero attached hydrogens (tertiary/aromatic N) is 1. The normalized spacial score (nSPS) is 15.5. The van der Waals surface area contributed by atoms with Gasteiger partial charge in [-0.05, 0) is 98.3 Å². The smallest absolute Gasteiger partial charge is 0.251 e. The Morgan fingerprint density at radius 1 is 0.932 bits per heavy atom. The number of ether oxygens (including phenoxy) is 4. The van der Waals surface area contributed by atoms with Crippen molar-refractivity contribution in [3.63, 3.8) is 0 Å². The lowest BCUT2D eigenvalue weighted by Gasteiger charge is -2.31. The van der Waals surface area contributed by atoms with Crippen molar-refractivity contribution in [2.24, 2.45) is 0 Å². The van der Waals surface area contributed by atoms with E-state index in [1.165, 1.54) is 5.56 Å². The molecular formula is C37H46N2O5. The van der Waals surface area contributed by atoms with Crippen molar-refractivity contribution in [3.8, 4) is 22.6 Å². The predicted molar refractivity (Wildman–Crippen MR) is 176 cm³/mol. The minimum absolute atomic E-state index is 0.0736. The van der Waals surface area contributed by atoms with Crippen LogP contribution >= 0.6 is 0 Å². The molecule has 2 heterocycles. The molecule has 2 aliphatic heterocycles. The first kappa shape index (κ1) is 31.8. The molecule has 0 radical (unpaired) electrons. The number of amides is 1. The molecule has 7 nitrogen and oxygen atoms in total. The monoisotopic (exact) mass is 598 g/mol. The molecule has 234 valence electrons. The van der Waals surface area contributed by atoms with E-state index in [1.54, 1.807) is 0 Å². The molecule has 1 fully saturated rings. The lowest BCUT2D eigenvalue weighted by atomic mass is 9.98. The number of rotatable bonds is 13. The molecule has 0 saturated carbocycles. The van der Waals surface area contributed by atoms with Crippen molar-refractivity contribution >= 4 is 17.7 Å². The summed E-state index contributed by atoms with van der Waals surface area (Å²) in [6.45, 7) is 7.19. The number of hydrogen-bond acceptors (Lipinski definition) is 6. The van der Waals surface area contributed by atoms with Crippen LogP contribution in [0.2, 0.25) is 0 Å². The van der Waals surface area contributed by atoms with Gasteiger partial charge in [0.05, 0.1) is 13.2 Å². The molecule has 1 amide bonds. The molecule has 1 saturated heterocycles. The summed E-state index contributed by atoms with van der Waals surface area (Å²) in [4.78, 5) is 15.8. The molecule has 0 atom stereocenters. The van der Waals surface area contributed by atoms with E-state index in [0.717, 1.165) is 97.9 Å². The maximum Gasteiger partial charge on any atom is 0.251 e. The van der Waals surface area contributed by atoms with E-state index in [9.17, 15) is 4.79 Å². The van der Waals surface area contributed by atoms with Crippen molar-refractivity contribution in [2.45, 2.75) is 58.0 Å². The maximum absolute atomic E-state index is 13.4. The number of carbonyl (C=O) groups excluding carboxylic acids is 1. The van der Waals surface area contributed by atoms with E-state index in [0.29, 0.717) is 32.3 Å². The predicted octanol–water partition coefficient (Wildman–Crippen LogP) is 7.35. The highest BCUT2D eigenvalue weighted by Crippen LogP contribution is 2.32. The summed E-state index contributed by atoms with van der Waals surface area (Å²) < 4.78 is 22.9. The zero-order valence-corrected chi connectivity index (χ0v) is 26.2. The van der Waals surface area contributed by atoms with Gasteiger partial charge in [-0.3, -0.25) is 9.69 Å². The maximum atomic E-state index is 13.4. The molecule has 1 N–H and O–H groups in total. The summed E-state index contributed by atoms with van der Waals surface area (Å²) in [7, 11) is 2.18. The average Bonchev–Trinajstić information content (AvgIpc) is 3.04. The zero-order chi connectivity index (χ0) is 30.6. The van der Waals surface area contributed by atoms with Gasteiger partial charge in [-0.25, -0.2) is 0 Å². The van der Waals surface area contributed by atoms with Crippen molar-refractivity contribution in [2.75, 3.05) is 52.0 Å². The second-order valence-corrected chi connectivity index (χ2v) is 11.6. The van der Waals surface area contributed by atoms with Gasteiger partial charge in [0.1, 0.15) is 18.1 Å². The fraction of sp³-hybridized carbons (Fsp3) is 0.432. The van der Waals surface area contributed by atoms with E-state index in [-0.39, 0.29) is 5.91 Å².